The molecule has 2 nitrogen and oxygen atoms in total. The van der Waals surface area contributed by atoms with Gasteiger partial charge in [0.25, 0.3) is 0 Å². The second kappa shape index (κ2) is 5.75. The lowest BCUT2D eigenvalue weighted by molar-refractivity contribution is 0.386. The van der Waals surface area contributed by atoms with Crippen LogP contribution in [0.2, 0.25) is 0 Å². The zero-order chi connectivity index (χ0) is 13.1. The highest BCUT2D eigenvalue weighted by Gasteiger charge is 2.24. The van der Waals surface area contributed by atoms with Crippen LogP contribution in [-0.2, 0) is 0 Å². The van der Waals surface area contributed by atoms with E-state index < -0.39 is 0 Å². The van der Waals surface area contributed by atoms with E-state index in [1.54, 1.807) is 0 Å². The smallest absolute Gasteiger partial charge is 0.0387 e. The van der Waals surface area contributed by atoms with E-state index in [1.165, 1.54) is 29.7 Å². The van der Waals surface area contributed by atoms with Crippen molar-refractivity contribution in [3.8, 4) is 0 Å². The van der Waals surface area contributed by atoms with Crippen LogP contribution in [0.3, 0.4) is 0 Å². The number of hydrogen-bond donors (Lipinski definition) is 1. The van der Waals surface area contributed by atoms with E-state index in [0.717, 1.165) is 13.1 Å². The summed E-state index contributed by atoms with van der Waals surface area (Å²) in [6, 6.07) is 8.08. The lowest BCUT2D eigenvalue weighted by Crippen LogP contribution is -2.55. The molecule has 1 heterocycles. The number of nitrogens with one attached hydrogen (secondary N) is 1. The second-order valence-electron chi connectivity index (χ2n) is 5.66. The fraction of sp³-hybridized carbons (Fsp3) is 0.625. The third kappa shape index (κ3) is 2.86. The van der Waals surface area contributed by atoms with Crippen molar-refractivity contribution in [2.45, 2.75) is 52.6 Å². The number of nitrogens with zero attached hydrogens (tertiary/aromatic N) is 1. The predicted octanol–water partition coefficient (Wildman–Crippen LogP) is 3.27. The maximum Gasteiger partial charge on any atom is 0.0387 e. The molecule has 1 aliphatic heterocycles. The number of rotatable bonds is 3. The van der Waals surface area contributed by atoms with E-state index in [1.807, 2.05) is 0 Å². The quantitative estimate of drug-likeness (QED) is 0.880. The molecule has 2 unspecified atom stereocenters. The SMILES string of the molecule is CCCC1CN(c2ccc(C)c(C)c2)C(C)CN1. The highest BCUT2D eigenvalue weighted by Crippen LogP contribution is 2.23. The van der Waals surface area contributed by atoms with E-state index >= 15 is 0 Å². The lowest BCUT2D eigenvalue weighted by atomic mass is 10.0. The Morgan fingerprint density at radius 3 is 2.72 bits per heavy atom. The van der Waals surface area contributed by atoms with Crippen LogP contribution in [0.1, 0.15) is 37.8 Å². The van der Waals surface area contributed by atoms with Gasteiger partial charge in [-0.25, -0.2) is 0 Å². The first-order valence-corrected chi connectivity index (χ1v) is 7.19. The van der Waals surface area contributed by atoms with Crippen LogP contribution in [0.5, 0.6) is 0 Å². The van der Waals surface area contributed by atoms with E-state index in [-0.39, 0.29) is 0 Å². The first kappa shape index (κ1) is 13.4. The topological polar surface area (TPSA) is 15.3 Å². The Labute approximate surface area is 111 Å². The number of piperazine rings is 1. The minimum Gasteiger partial charge on any atom is -0.366 e. The molecule has 0 aliphatic carbocycles. The van der Waals surface area contributed by atoms with Gasteiger partial charge in [-0.1, -0.05) is 19.4 Å². The largest absolute Gasteiger partial charge is 0.366 e. The molecule has 1 aromatic carbocycles. The van der Waals surface area contributed by atoms with Gasteiger partial charge in [0.15, 0.2) is 0 Å². The van der Waals surface area contributed by atoms with Crippen LogP contribution in [0.4, 0.5) is 5.69 Å². The van der Waals surface area contributed by atoms with E-state index in [4.69, 9.17) is 0 Å². The molecule has 0 aromatic heterocycles. The van der Waals surface area contributed by atoms with Gasteiger partial charge in [-0.3, -0.25) is 0 Å². The maximum atomic E-state index is 3.65. The van der Waals surface area contributed by atoms with Crippen LogP contribution in [-0.4, -0.2) is 25.2 Å². The fourth-order valence-electron chi connectivity index (χ4n) is 2.74. The highest BCUT2D eigenvalue weighted by atomic mass is 15.2. The summed E-state index contributed by atoms with van der Waals surface area (Å²) in [6.07, 6.45) is 2.53. The molecule has 0 amide bonds. The molecule has 1 aromatic rings. The molecule has 100 valence electrons. The van der Waals surface area contributed by atoms with Crippen LogP contribution in [0.25, 0.3) is 0 Å². The third-order valence-electron chi connectivity index (χ3n) is 4.11. The van der Waals surface area contributed by atoms with Crippen LogP contribution in [0.15, 0.2) is 18.2 Å². The summed E-state index contributed by atoms with van der Waals surface area (Å²) in [4.78, 5) is 2.56. The number of hydrogen-bond acceptors (Lipinski definition) is 2. The molecule has 2 rings (SSSR count). The number of benzene rings is 1. The standard InChI is InChI=1S/C16H26N2/c1-5-6-15-11-18(14(4)10-17-15)16-8-7-12(2)13(3)9-16/h7-9,14-15,17H,5-6,10-11H2,1-4H3. The molecule has 0 radical (unpaired) electrons. The molecule has 1 fully saturated rings. The first-order valence-electron chi connectivity index (χ1n) is 7.19. The Morgan fingerprint density at radius 2 is 2.06 bits per heavy atom. The molecule has 0 bridgehead atoms. The van der Waals surface area contributed by atoms with Gasteiger partial charge in [0, 0.05) is 30.9 Å². The van der Waals surface area contributed by atoms with Crippen molar-refractivity contribution < 1.29 is 0 Å². The Hall–Kier alpha value is -1.02. The van der Waals surface area contributed by atoms with E-state index in [9.17, 15) is 0 Å². The van der Waals surface area contributed by atoms with E-state index in [2.05, 4.69) is 56.1 Å². The maximum absolute atomic E-state index is 3.65. The van der Waals surface area contributed by atoms with Gasteiger partial charge in [0.05, 0.1) is 0 Å². The number of aryl methyl sites for hydroxylation is 2. The summed E-state index contributed by atoms with van der Waals surface area (Å²) in [5, 5.41) is 3.65. The van der Waals surface area contributed by atoms with Gasteiger partial charge in [-0.05, 0) is 50.5 Å². The Morgan fingerprint density at radius 1 is 1.28 bits per heavy atom. The summed E-state index contributed by atoms with van der Waals surface area (Å²) in [7, 11) is 0. The van der Waals surface area contributed by atoms with Gasteiger partial charge in [-0.2, -0.15) is 0 Å². The normalized spacial score (nSPS) is 24.3. The van der Waals surface area contributed by atoms with Crippen molar-refractivity contribution in [1.82, 2.24) is 5.32 Å². The minimum absolute atomic E-state index is 0.584. The average molecular weight is 246 g/mol. The monoisotopic (exact) mass is 246 g/mol. The molecule has 1 N–H and O–H groups in total. The van der Waals surface area contributed by atoms with E-state index in [0.29, 0.717) is 12.1 Å². The van der Waals surface area contributed by atoms with Gasteiger partial charge in [0.2, 0.25) is 0 Å². The molecule has 2 atom stereocenters. The Kier molecular flexibility index (Phi) is 4.28. The summed E-state index contributed by atoms with van der Waals surface area (Å²) >= 11 is 0. The molecule has 0 spiro atoms. The minimum atomic E-state index is 0.584. The fourth-order valence-corrected chi connectivity index (χ4v) is 2.74. The third-order valence-corrected chi connectivity index (χ3v) is 4.11. The van der Waals surface area contributed by atoms with Gasteiger partial charge in [-0.15, -0.1) is 0 Å². The summed E-state index contributed by atoms with van der Waals surface area (Å²) in [5.41, 5.74) is 4.16. The molecule has 1 aliphatic rings. The zero-order valence-electron chi connectivity index (χ0n) is 12.2. The van der Waals surface area contributed by atoms with Crippen molar-refractivity contribution in [1.29, 1.82) is 0 Å². The second-order valence-corrected chi connectivity index (χ2v) is 5.66. The van der Waals surface area contributed by atoms with Crippen LogP contribution >= 0.6 is 0 Å². The summed E-state index contributed by atoms with van der Waals surface area (Å²) in [5.74, 6) is 0. The van der Waals surface area contributed by atoms with Gasteiger partial charge in [0.1, 0.15) is 0 Å². The van der Waals surface area contributed by atoms with Crippen molar-refractivity contribution in [3.63, 3.8) is 0 Å². The van der Waals surface area contributed by atoms with Crippen LogP contribution in [0, 0.1) is 13.8 Å². The lowest BCUT2D eigenvalue weighted by Gasteiger charge is -2.40. The van der Waals surface area contributed by atoms with Crippen LogP contribution < -0.4 is 10.2 Å². The molecule has 1 saturated heterocycles. The Balaban J connectivity index is 2.16. The first-order chi connectivity index (χ1) is 8.61. The predicted molar refractivity (Wildman–Crippen MR) is 79.4 cm³/mol. The summed E-state index contributed by atoms with van der Waals surface area (Å²) in [6.45, 7) is 11.2. The average Bonchev–Trinajstić information content (AvgIpc) is 2.35. The molecular weight excluding hydrogens is 220 g/mol. The highest BCUT2D eigenvalue weighted by molar-refractivity contribution is 5.52. The summed E-state index contributed by atoms with van der Waals surface area (Å²) < 4.78 is 0. The molecular formula is C16H26N2. The van der Waals surface area contributed by atoms with Gasteiger partial charge < -0.3 is 10.2 Å². The molecule has 0 saturated carbocycles. The van der Waals surface area contributed by atoms with Crippen molar-refractivity contribution in [2.75, 3.05) is 18.0 Å². The van der Waals surface area contributed by atoms with Crippen molar-refractivity contribution in [3.05, 3.63) is 29.3 Å². The van der Waals surface area contributed by atoms with Crippen molar-refractivity contribution >= 4 is 5.69 Å². The number of anilines is 1. The molecule has 2 heteroatoms. The molecule has 18 heavy (non-hydrogen) atoms. The zero-order valence-corrected chi connectivity index (χ0v) is 12.2. The van der Waals surface area contributed by atoms with Crippen molar-refractivity contribution in [2.24, 2.45) is 0 Å². The Bertz CT molecular complexity index is 400. The van der Waals surface area contributed by atoms with Gasteiger partial charge >= 0.3 is 0 Å².